The average molecular weight is 395 g/mol. The van der Waals surface area contributed by atoms with Crippen LogP contribution < -0.4 is 10.9 Å². The lowest BCUT2D eigenvalue weighted by atomic mass is 10.0. The highest BCUT2D eigenvalue weighted by atomic mass is 19.1. The molecule has 2 aromatic heterocycles. The number of halogens is 1. The number of H-pyrrole nitrogens is 1. The van der Waals surface area contributed by atoms with Crippen LogP contribution in [-0.4, -0.2) is 32.2 Å². The molecule has 0 bridgehead atoms. The van der Waals surface area contributed by atoms with E-state index in [-0.39, 0.29) is 23.8 Å². The Morgan fingerprint density at radius 3 is 2.69 bits per heavy atom. The normalized spacial score (nSPS) is 14.2. The molecule has 1 amide bonds. The minimum Gasteiger partial charge on any atom is -0.349 e. The zero-order chi connectivity index (χ0) is 20.2. The number of hydrogen-bond donors (Lipinski definition) is 2. The van der Waals surface area contributed by atoms with E-state index in [0.29, 0.717) is 29.4 Å². The van der Waals surface area contributed by atoms with Crippen molar-refractivity contribution in [3.63, 3.8) is 0 Å². The fraction of sp³-hybridized carbons (Fsp3) is 0.333. The molecule has 1 aliphatic carbocycles. The van der Waals surface area contributed by atoms with Crippen molar-refractivity contribution in [3.8, 4) is 11.3 Å². The van der Waals surface area contributed by atoms with Gasteiger partial charge in [-0.1, -0.05) is 12.8 Å². The Labute approximate surface area is 167 Å². The van der Waals surface area contributed by atoms with Gasteiger partial charge in [0.25, 0.3) is 11.5 Å². The van der Waals surface area contributed by atoms with E-state index >= 15 is 0 Å². The largest absolute Gasteiger partial charge is 0.349 e. The average Bonchev–Trinajstić information content (AvgIpc) is 3.42. The molecule has 150 valence electrons. The number of carbonyl (C=O) groups is 1. The molecular formula is C21H22FN5O2. The predicted molar refractivity (Wildman–Crippen MR) is 106 cm³/mol. The van der Waals surface area contributed by atoms with Gasteiger partial charge in [0, 0.05) is 30.6 Å². The van der Waals surface area contributed by atoms with E-state index in [0.717, 1.165) is 18.5 Å². The van der Waals surface area contributed by atoms with Gasteiger partial charge < -0.3 is 5.32 Å². The van der Waals surface area contributed by atoms with Crippen molar-refractivity contribution in [2.45, 2.75) is 38.1 Å². The number of aromatic amines is 1. The fourth-order valence-electron chi connectivity index (χ4n) is 3.64. The van der Waals surface area contributed by atoms with Crippen molar-refractivity contribution in [1.82, 2.24) is 25.1 Å². The van der Waals surface area contributed by atoms with Crippen LogP contribution in [0.3, 0.4) is 0 Å². The summed E-state index contributed by atoms with van der Waals surface area (Å²) in [6.45, 7) is 0.621. The number of carbonyl (C=O) groups excluding carboxylic acids is 1. The second kappa shape index (κ2) is 8.38. The van der Waals surface area contributed by atoms with Crippen molar-refractivity contribution >= 4 is 5.91 Å². The Bertz CT molecular complexity index is 1050. The summed E-state index contributed by atoms with van der Waals surface area (Å²) < 4.78 is 14.5. The van der Waals surface area contributed by atoms with Crippen molar-refractivity contribution < 1.29 is 9.18 Å². The first kappa shape index (κ1) is 19.0. The summed E-state index contributed by atoms with van der Waals surface area (Å²) in [5.41, 5.74) is 2.33. The van der Waals surface area contributed by atoms with Crippen LogP contribution >= 0.6 is 0 Å². The van der Waals surface area contributed by atoms with E-state index in [1.54, 1.807) is 30.6 Å². The van der Waals surface area contributed by atoms with E-state index in [1.165, 1.54) is 29.5 Å². The molecule has 0 unspecified atom stereocenters. The highest BCUT2D eigenvalue weighted by molar-refractivity contribution is 5.93. The highest BCUT2D eigenvalue weighted by Crippen LogP contribution is 2.32. The minimum atomic E-state index is -0.330. The molecule has 7 nitrogen and oxygen atoms in total. The summed E-state index contributed by atoms with van der Waals surface area (Å²) in [5, 5.41) is 9.53. The molecule has 1 aromatic carbocycles. The lowest BCUT2D eigenvalue weighted by Crippen LogP contribution is -2.31. The summed E-state index contributed by atoms with van der Waals surface area (Å²) in [7, 11) is 0. The zero-order valence-electron chi connectivity index (χ0n) is 15.9. The van der Waals surface area contributed by atoms with Gasteiger partial charge in [-0.25, -0.2) is 9.37 Å². The summed E-state index contributed by atoms with van der Waals surface area (Å²) in [5.74, 6) is -0.259. The quantitative estimate of drug-likeness (QED) is 0.671. The summed E-state index contributed by atoms with van der Waals surface area (Å²) in [6.07, 6.45) is 6.13. The molecule has 0 atom stereocenters. The number of nitrogens with zero attached hydrogens (tertiary/aromatic N) is 3. The number of aromatic nitrogens is 4. The van der Waals surface area contributed by atoms with Gasteiger partial charge in [0.05, 0.1) is 17.7 Å². The molecule has 4 rings (SSSR count). The molecular weight excluding hydrogens is 373 g/mol. The van der Waals surface area contributed by atoms with Crippen molar-refractivity contribution in [3.05, 3.63) is 70.3 Å². The Balaban J connectivity index is 1.33. The van der Waals surface area contributed by atoms with Crippen LogP contribution in [0.5, 0.6) is 0 Å². The Morgan fingerprint density at radius 1 is 1.21 bits per heavy atom. The third kappa shape index (κ3) is 4.42. The van der Waals surface area contributed by atoms with Crippen LogP contribution in [-0.2, 0) is 6.54 Å². The first-order valence-electron chi connectivity index (χ1n) is 9.76. The van der Waals surface area contributed by atoms with Crippen molar-refractivity contribution in [2.24, 2.45) is 0 Å². The van der Waals surface area contributed by atoms with Crippen LogP contribution in [0.4, 0.5) is 4.39 Å². The molecule has 8 heteroatoms. The van der Waals surface area contributed by atoms with Gasteiger partial charge in [-0.3, -0.25) is 19.3 Å². The molecule has 0 saturated heterocycles. The molecule has 0 aliphatic heterocycles. The fourth-order valence-corrected chi connectivity index (χ4v) is 3.64. The monoisotopic (exact) mass is 395 g/mol. The second-order valence-corrected chi connectivity index (χ2v) is 7.26. The van der Waals surface area contributed by atoms with Gasteiger partial charge in [0.1, 0.15) is 11.5 Å². The number of nitrogens with one attached hydrogen (secondary N) is 2. The molecule has 2 N–H and O–H groups in total. The van der Waals surface area contributed by atoms with Gasteiger partial charge >= 0.3 is 0 Å². The smallest absolute Gasteiger partial charge is 0.269 e. The second-order valence-electron chi connectivity index (χ2n) is 7.26. The molecule has 3 aromatic rings. The summed E-state index contributed by atoms with van der Waals surface area (Å²) in [4.78, 5) is 29.0. The standard InChI is InChI=1S/C21H22FN5O2/c22-16-7-5-15(6-8-16)18-11-19(26-25-18)21(29)23-9-10-27-13-24-17(12-20(27)28)14-3-1-2-4-14/h5-8,11-14H,1-4,9-10H2,(H,23,29)(H,25,26). The van der Waals surface area contributed by atoms with E-state index in [4.69, 9.17) is 0 Å². The van der Waals surface area contributed by atoms with E-state index in [9.17, 15) is 14.0 Å². The molecule has 29 heavy (non-hydrogen) atoms. The van der Waals surface area contributed by atoms with E-state index in [2.05, 4.69) is 20.5 Å². The third-order valence-electron chi connectivity index (χ3n) is 5.27. The molecule has 2 heterocycles. The maximum Gasteiger partial charge on any atom is 0.269 e. The first-order chi connectivity index (χ1) is 14.1. The third-order valence-corrected chi connectivity index (χ3v) is 5.27. The maximum atomic E-state index is 13.0. The predicted octanol–water partition coefficient (Wildman–Crippen LogP) is 2.86. The summed E-state index contributed by atoms with van der Waals surface area (Å²) >= 11 is 0. The van der Waals surface area contributed by atoms with Gasteiger partial charge in [-0.2, -0.15) is 5.10 Å². The zero-order valence-corrected chi connectivity index (χ0v) is 15.9. The van der Waals surface area contributed by atoms with Crippen LogP contribution in [0.1, 0.15) is 47.8 Å². The van der Waals surface area contributed by atoms with Gasteiger partial charge in [-0.15, -0.1) is 0 Å². The van der Waals surface area contributed by atoms with Crippen LogP contribution in [0.2, 0.25) is 0 Å². The molecule has 1 aliphatic rings. The highest BCUT2D eigenvalue weighted by Gasteiger charge is 2.19. The molecule has 0 spiro atoms. The number of hydrogen-bond acceptors (Lipinski definition) is 4. The number of amides is 1. The van der Waals surface area contributed by atoms with Crippen LogP contribution in [0, 0.1) is 5.82 Å². The van der Waals surface area contributed by atoms with Gasteiger partial charge in [0.15, 0.2) is 0 Å². The minimum absolute atomic E-state index is 0.101. The first-order valence-corrected chi connectivity index (χ1v) is 9.76. The maximum absolute atomic E-state index is 13.0. The number of benzene rings is 1. The SMILES string of the molecule is O=C(NCCn1cnc(C2CCCC2)cc1=O)c1cc(-c2ccc(F)cc2)n[nH]1. The number of rotatable bonds is 6. The summed E-state index contributed by atoms with van der Waals surface area (Å²) in [6, 6.07) is 9.10. The topological polar surface area (TPSA) is 92.7 Å². The Morgan fingerprint density at radius 2 is 1.97 bits per heavy atom. The van der Waals surface area contributed by atoms with Crippen molar-refractivity contribution in [2.75, 3.05) is 6.54 Å². The van der Waals surface area contributed by atoms with Crippen LogP contribution in [0.25, 0.3) is 11.3 Å². The van der Waals surface area contributed by atoms with E-state index in [1.807, 2.05) is 0 Å². The van der Waals surface area contributed by atoms with E-state index < -0.39 is 0 Å². The molecule has 1 saturated carbocycles. The molecule has 1 fully saturated rings. The Hall–Kier alpha value is -3.29. The van der Waals surface area contributed by atoms with Crippen molar-refractivity contribution in [1.29, 1.82) is 0 Å². The Kier molecular flexibility index (Phi) is 5.50. The lowest BCUT2D eigenvalue weighted by molar-refractivity contribution is 0.0947. The lowest BCUT2D eigenvalue weighted by Gasteiger charge is -2.10. The van der Waals surface area contributed by atoms with Gasteiger partial charge in [0.2, 0.25) is 0 Å². The van der Waals surface area contributed by atoms with Crippen LogP contribution in [0.15, 0.2) is 47.5 Å². The van der Waals surface area contributed by atoms with Gasteiger partial charge in [-0.05, 0) is 43.2 Å². The molecule has 0 radical (unpaired) electrons.